The van der Waals surface area contributed by atoms with Gasteiger partial charge in [0.1, 0.15) is 5.60 Å². The number of carbonyl (C=O) groups is 1. The molecular weight excluding hydrogens is 527 g/mol. The molecule has 4 fully saturated rings. The van der Waals surface area contributed by atoms with E-state index in [1.807, 2.05) is 25.7 Å². The summed E-state index contributed by atoms with van der Waals surface area (Å²) in [5.41, 5.74) is 0.520. The molecule has 13 heteroatoms. The van der Waals surface area contributed by atoms with Crippen molar-refractivity contribution in [2.24, 2.45) is 11.3 Å². The number of likely N-dealkylation sites (tertiary alicyclic amines) is 1. The van der Waals surface area contributed by atoms with Crippen molar-refractivity contribution in [1.29, 1.82) is 0 Å². The maximum atomic E-state index is 13.1. The summed E-state index contributed by atoms with van der Waals surface area (Å²) in [5, 5.41) is 0. The summed E-state index contributed by atoms with van der Waals surface area (Å²) in [6.45, 7) is 8.92. The number of H-pyrrole nitrogens is 1. The van der Waals surface area contributed by atoms with Crippen molar-refractivity contribution in [3.8, 4) is 5.88 Å². The van der Waals surface area contributed by atoms with Crippen LogP contribution in [-0.2, 0) is 4.74 Å². The molecule has 3 saturated heterocycles. The minimum atomic E-state index is -4.10. The number of fused-ring (bicyclic) bond motifs is 3. The van der Waals surface area contributed by atoms with Crippen LogP contribution in [-0.4, -0.2) is 99.0 Å². The van der Waals surface area contributed by atoms with E-state index in [9.17, 15) is 18.0 Å². The first-order valence-corrected chi connectivity index (χ1v) is 14.3. The molecule has 3 aliphatic heterocycles. The van der Waals surface area contributed by atoms with Crippen LogP contribution in [0.3, 0.4) is 0 Å². The second-order valence-corrected chi connectivity index (χ2v) is 13.0. The zero-order valence-corrected chi connectivity index (χ0v) is 23.3. The number of halogens is 3. The van der Waals surface area contributed by atoms with E-state index in [4.69, 9.17) is 19.4 Å². The summed E-state index contributed by atoms with van der Waals surface area (Å²) in [4.78, 5) is 35.9. The summed E-state index contributed by atoms with van der Waals surface area (Å²) < 4.78 is 51.2. The van der Waals surface area contributed by atoms with Gasteiger partial charge in [-0.15, -0.1) is 0 Å². The summed E-state index contributed by atoms with van der Waals surface area (Å²) in [5.74, 6) is -0.249. The standard InChI is InChI=1S/C27H38F3N7O3/c1-25(2,3)40-24(38)37-18-4-5-19(37)13-36(12-18)23-33-21-20(31-16-32-21)22(34-23)39-15-26(8-9-26)14-35-10-6-17(7-11-35)27(28,29)30/h16-19H,4-15H2,1-3H3,(H,31,32,33,34)/t18-,19+. The Morgan fingerprint density at radius 2 is 1.75 bits per heavy atom. The zero-order valence-electron chi connectivity index (χ0n) is 23.3. The van der Waals surface area contributed by atoms with Gasteiger partial charge >= 0.3 is 12.3 Å². The van der Waals surface area contributed by atoms with Gasteiger partial charge in [0, 0.05) is 25.0 Å². The third-order valence-electron chi connectivity index (χ3n) is 8.69. The Balaban J connectivity index is 1.11. The molecule has 0 aromatic carbocycles. The normalized spacial score (nSPS) is 25.4. The van der Waals surface area contributed by atoms with E-state index in [1.54, 1.807) is 6.33 Å². The highest BCUT2D eigenvalue weighted by molar-refractivity contribution is 5.77. The molecule has 2 atom stereocenters. The molecule has 1 N–H and O–H groups in total. The third-order valence-corrected chi connectivity index (χ3v) is 8.69. The Kier molecular flexibility index (Phi) is 6.78. The number of aromatic nitrogens is 4. The molecule has 5 heterocycles. The van der Waals surface area contributed by atoms with E-state index in [2.05, 4.69) is 19.8 Å². The summed E-state index contributed by atoms with van der Waals surface area (Å²) in [7, 11) is 0. The van der Waals surface area contributed by atoms with Crippen LogP contribution in [0.2, 0.25) is 0 Å². The van der Waals surface area contributed by atoms with Gasteiger partial charge in [0.2, 0.25) is 11.8 Å². The van der Waals surface area contributed by atoms with Crippen molar-refractivity contribution in [3.63, 3.8) is 0 Å². The topological polar surface area (TPSA) is 99.7 Å². The summed E-state index contributed by atoms with van der Waals surface area (Å²) in [6.07, 6.45) is 1.27. The van der Waals surface area contributed by atoms with Gasteiger partial charge in [0.15, 0.2) is 11.2 Å². The fraction of sp³-hybridized carbons (Fsp3) is 0.778. The molecule has 2 bridgehead atoms. The van der Waals surface area contributed by atoms with Crippen molar-refractivity contribution in [1.82, 2.24) is 29.7 Å². The first-order valence-electron chi connectivity index (χ1n) is 14.3. The molecule has 1 aliphatic carbocycles. The molecule has 2 aromatic rings. The van der Waals surface area contributed by atoms with E-state index in [0.29, 0.717) is 55.8 Å². The fourth-order valence-electron chi connectivity index (χ4n) is 6.36. The van der Waals surface area contributed by atoms with Crippen LogP contribution in [0.25, 0.3) is 11.2 Å². The predicted molar refractivity (Wildman–Crippen MR) is 141 cm³/mol. The number of hydrogen-bond donors (Lipinski definition) is 1. The Bertz CT molecular complexity index is 1220. The number of amides is 1. The molecule has 6 rings (SSSR count). The smallest absolute Gasteiger partial charge is 0.410 e. The van der Waals surface area contributed by atoms with E-state index in [1.165, 1.54) is 0 Å². The lowest BCUT2D eigenvalue weighted by Crippen LogP contribution is -2.57. The molecular formula is C27H38F3N7O3. The molecule has 4 aliphatic rings. The predicted octanol–water partition coefficient (Wildman–Crippen LogP) is 4.37. The molecule has 1 saturated carbocycles. The van der Waals surface area contributed by atoms with Crippen LogP contribution >= 0.6 is 0 Å². The molecule has 10 nitrogen and oxygen atoms in total. The van der Waals surface area contributed by atoms with Crippen molar-refractivity contribution in [3.05, 3.63) is 6.33 Å². The number of alkyl halides is 3. The lowest BCUT2D eigenvalue weighted by molar-refractivity contribution is -0.185. The monoisotopic (exact) mass is 565 g/mol. The molecule has 2 aromatic heterocycles. The Morgan fingerprint density at radius 1 is 1.07 bits per heavy atom. The maximum Gasteiger partial charge on any atom is 0.410 e. The minimum Gasteiger partial charge on any atom is -0.475 e. The zero-order chi connectivity index (χ0) is 28.3. The maximum absolute atomic E-state index is 13.1. The number of imidazole rings is 1. The van der Waals surface area contributed by atoms with Crippen molar-refractivity contribution < 1.29 is 27.4 Å². The van der Waals surface area contributed by atoms with Crippen LogP contribution in [0.4, 0.5) is 23.9 Å². The molecule has 40 heavy (non-hydrogen) atoms. The van der Waals surface area contributed by atoms with E-state index in [0.717, 1.165) is 32.2 Å². The van der Waals surface area contributed by atoms with E-state index < -0.39 is 17.7 Å². The summed E-state index contributed by atoms with van der Waals surface area (Å²) in [6, 6.07) is 0.0468. The van der Waals surface area contributed by atoms with Gasteiger partial charge in [0.25, 0.3) is 0 Å². The molecule has 0 radical (unpaired) electrons. The fourth-order valence-corrected chi connectivity index (χ4v) is 6.36. The lowest BCUT2D eigenvalue weighted by Gasteiger charge is -2.41. The van der Waals surface area contributed by atoms with Crippen LogP contribution < -0.4 is 9.64 Å². The second kappa shape index (κ2) is 9.92. The largest absolute Gasteiger partial charge is 0.475 e. The third kappa shape index (κ3) is 5.66. The Hall–Kier alpha value is -2.83. The van der Waals surface area contributed by atoms with Crippen LogP contribution in [0.5, 0.6) is 5.88 Å². The van der Waals surface area contributed by atoms with Gasteiger partial charge in [-0.25, -0.2) is 9.78 Å². The number of piperidine rings is 1. The number of hydrogen-bond acceptors (Lipinski definition) is 8. The first-order chi connectivity index (χ1) is 18.9. The highest BCUT2D eigenvalue weighted by atomic mass is 19.4. The number of nitrogens with one attached hydrogen (secondary N) is 1. The number of ether oxygens (including phenoxy) is 2. The lowest BCUT2D eigenvalue weighted by atomic mass is 9.95. The minimum absolute atomic E-state index is 0.0234. The number of nitrogens with zero attached hydrogens (tertiary/aromatic N) is 6. The average Bonchev–Trinajstić information content (AvgIpc) is 3.36. The number of anilines is 1. The average molecular weight is 566 g/mol. The quantitative estimate of drug-likeness (QED) is 0.551. The van der Waals surface area contributed by atoms with Gasteiger partial charge in [-0.05, 0) is 72.4 Å². The van der Waals surface area contributed by atoms with E-state index >= 15 is 0 Å². The molecule has 220 valence electrons. The van der Waals surface area contributed by atoms with Crippen LogP contribution in [0, 0.1) is 11.3 Å². The molecule has 0 unspecified atom stereocenters. The SMILES string of the molecule is CC(C)(C)OC(=O)N1[C@@H]2CC[C@H]1CN(c1nc(OCC3(CN4CCC(C(F)(F)F)CC4)CC3)c3nc[nH]c3n1)C2. The Morgan fingerprint density at radius 3 is 2.35 bits per heavy atom. The first kappa shape index (κ1) is 27.3. The molecule has 1 amide bonds. The summed E-state index contributed by atoms with van der Waals surface area (Å²) >= 11 is 0. The van der Waals surface area contributed by atoms with Gasteiger partial charge < -0.3 is 24.3 Å². The van der Waals surface area contributed by atoms with Gasteiger partial charge in [-0.1, -0.05) is 0 Å². The van der Waals surface area contributed by atoms with Gasteiger partial charge in [-0.3, -0.25) is 4.90 Å². The number of carbonyl (C=O) groups excluding carboxylic acids is 1. The highest BCUT2D eigenvalue weighted by Crippen LogP contribution is 2.47. The van der Waals surface area contributed by atoms with Crippen LogP contribution in [0.1, 0.15) is 59.3 Å². The van der Waals surface area contributed by atoms with Crippen LogP contribution in [0.15, 0.2) is 6.33 Å². The Labute approximate surface area is 231 Å². The van der Waals surface area contributed by atoms with Crippen molar-refractivity contribution in [2.45, 2.75) is 83.2 Å². The van der Waals surface area contributed by atoms with Gasteiger partial charge in [0.05, 0.1) is 30.9 Å². The van der Waals surface area contributed by atoms with Crippen molar-refractivity contribution >= 4 is 23.2 Å². The number of rotatable bonds is 6. The second-order valence-electron chi connectivity index (χ2n) is 13.0. The molecule has 0 spiro atoms. The highest BCUT2D eigenvalue weighted by Gasteiger charge is 2.48. The van der Waals surface area contributed by atoms with Crippen molar-refractivity contribution in [2.75, 3.05) is 44.2 Å². The number of piperazine rings is 1. The van der Waals surface area contributed by atoms with E-state index in [-0.39, 0.29) is 36.4 Å². The van der Waals surface area contributed by atoms with Gasteiger partial charge in [-0.2, -0.15) is 23.1 Å². The number of aromatic amines is 1.